The molecule has 1 saturated carbocycles. The van der Waals surface area contributed by atoms with E-state index in [0.717, 1.165) is 31.5 Å². The summed E-state index contributed by atoms with van der Waals surface area (Å²) in [5.74, 6) is 1.52. The predicted octanol–water partition coefficient (Wildman–Crippen LogP) is 3.98. The predicted molar refractivity (Wildman–Crippen MR) is 81.2 cm³/mol. The normalized spacial score (nSPS) is 24.7. The van der Waals surface area contributed by atoms with Crippen LogP contribution in [0.15, 0.2) is 10.6 Å². The van der Waals surface area contributed by atoms with Gasteiger partial charge in [0.1, 0.15) is 0 Å². The summed E-state index contributed by atoms with van der Waals surface area (Å²) in [5, 5.41) is 4.08. The average Bonchev–Trinajstić information content (AvgIpc) is 3.25. The van der Waals surface area contributed by atoms with Gasteiger partial charge in [-0.25, -0.2) is 0 Å². The number of amides is 1. The topological polar surface area (TPSA) is 46.3 Å². The monoisotopic (exact) mass is 290 g/mol. The zero-order valence-electron chi connectivity index (χ0n) is 13.2. The first-order chi connectivity index (χ1) is 10.2. The van der Waals surface area contributed by atoms with Crippen molar-refractivity contribution in [3.05, 3.63) is 17.5 Å². The maximum atomic E-state index is 12.7. The van der Waals surface area contributed by atoms with Gasteiger partial charge in [0.15, 0.2) is 0 Å². The van der Waals surface area contributed by atoms with Gasteiger partial charge in [-0.2, -0.15) is 0 Å². The Kier molecular flexibility index (Phi) is 4.32. The highest BCUT2D eigenvalue weighted by Crippen LogP contribution is 2.36. The molecule has 1 amide bonds. The number of likely N-dealkylation sites (tertiary alicyclic amines) is 1. The second-order valence-electron chi connectivity index (χ2n) is 6.68. The number of carbonyl (C=O) groups excluding carboxylic acids is 1. The van der Waals surface area contributed by atoms with Crippen LogP contribution in [-0.4, -0.2) is 28.6 Å². The molecular weight excluding hydrogens is 264 g/mol. The van der Waals surface area contributed by atoms with Crippen LogP contribution in [0.3, 0.4) is 0 Å². The van der Waals surface area contributed by atoms with E-state index in [1.165, 1.54) is 25.7 Å². The van der Waals surface area contributed by atoms with Crippen molar-refractivity contribution in [1.29, 1.82) is 0 Å². The molecule has 1 aliphatic carbocycles. The molecule has 0 spiro atoms. The minimum absolute atomic E-state index is 0.0476. The Labute approximate surface area is 126 Å². The summed E-state index contributed by atoms with van der Waals surface area (Å²) in [6.07, 6.45) is 8.50. The smallest absolute Gasteiger partial charge is 0.292 e. The molecule has 3 rings (SSSR count). The maximum absolute atomic E-state index is 12.7. The summed E-state index contributed by atoms with van der Waals surface area (Å²) in [5.41, 5.74) is 0.900. The van der Waals surface area contributed by atoms with Crippen molar-refractivity contribution < 1.29 is 9.32 Å². The Bertz CT molecular complexity index is 491. The van der Waals surface area contributed by atoms with Gasteiger partial charge >= 0.3 is 0 Å². The summed E-state index contributed by atoms with van der Waals surface area (Å²) in [6, 6.07) is 2.28. The lowest BCUT2D eigenvalue weighted by molar-refractivity contribution is 0.0647. The lowest BCUT2D eigenvalue weighted by atomic mass is 9.96. The van der Waals surface area contributed by atoms with Gasteiger partial charge in [-0.1, -0.05) is 31.8 Å². The van der Waals surface area contributed by atoms with E-state index in [-0.39, 0.29) is 5.91 Å². The number of carbonyl (C=O) groups is 1. The van der Waals surface area contributed by atoms with E-state index in [1.807, 2.05) is 6.07 Å². The van der Waals surface area contributed by atoms with E-state index < -0.39 is 0 Å². The minimum Gasteiger partial charge on any atom is -0.351 e. The fraction of sp³-hybridized carbons (Fsp3) is 0.765. The van der Waals surface area contributed by atoms with Crippen LogP contribution in [0.2, 0.25) is 0 Å². The molecule has 0 bridgehead atoms. The van der Waals surface area contributed by atoms with Crippen molar-refractivity contribution in [3.63, 3.8) is 0 Å². The third-order valence-electron chi connectivity index (χ3n) is 5.36. The Balaban J connectivity index is 1.72. The average molecular weight is 290 g/mol. The molecule has 1 aromatic heterocycles. The van der Waals surface area contributed by atoms with E-state index in [2.05, 4.69) is 23.9 Å². The van der Waals surface area contributed by atoms with Crippen LogP contribution in [0.5, 0.6) is 0 Å². The summed E-state index contributed by atoms with van der Waals surface area (Å²) in [4.78, 5) is 14.8. The lowest BCUT2D eigenvalue weighted by Crippen LogP contribution is -2.39. The third-order valence-corrected chi connectivity index (χ3v) is 5.36. The molecule has 0 radical (unpaired) electrons. The van der Waals surface area contributed by atoms with Crippen molar-refractivity contribution in [2.75, 3.05) is 6.54 Å². The number of nitrogens with zero attached hydrogens (tertiary/aromatic N) is 2. The molecule has 4 heteroatoms. The lowest BCUT2D eigenvalue weighted by Gasteiger charge is -2.28. The maximum Gasteiger partial charge on any atom is 0.292 e. The molecule has 1 aliphatic heterocycles. The van der Waals surface area contributed by atoms with Crippen LogP contribution < -0.4 is 0 Å². The Morgan fingerprint density at radius 3 is 2.86 bits per heavy atom. The molecule has 2 aliphatic rings. The molecule has 4 nitrogen and oxygen atoms in total. The van der Waals surface area contributed by atoms with Gasteiger partial charge in [-0.05, 0) is 38.0 Å². The van der Waals surface area contributed by atoms with Crippen LogP contribution in [0.25, 0.3) is 0 Å². The largest absolute Gasteiger partial charge is 0.351 e. The highest BCUT2D eigenvalue weighted by atomic mass is 16.5. The first-order valence-corrected chi connectivity index (χ1v) is 8.48. The van der Waals surface area contributed by atoms with Gasteiger partial charge in [-0.15, -0.1) is 0 Å². The fourth-order valence-electron chi connectivity index (χ4n) is 3.85. The van der Waals surface area contributed by atoms with Gasteiger partial charge < -0.3 is 9.42 Å². The van der Waals surface area contributed by atoms with Crippen LogP contribution in [0, 0.1) is 5.92 Å². The van der Waals surface area contributed by atoms with Crippen LogP contribution in [0.4, 0.5) is 0 Å². The quantitative estimate of drug-likeness (QED) is 0.842. The third kappa shape index (κ3) is 2.85. The molecule has 1 saturated heterocycles. The zero-order chi connectivity index (χ0) is 14.8. The summed E-state index contributed by atoms with van der Waals surface area (Å²) >= 11 is 0. The summed E-state index contributed by atoms with van der Waals surface area (Å²) in [6.45, 7) is 5.11. The second kappa shape index (κ2) is 6.20. The molecule has 116 valence electrons. The van der Waals surface area contributed by atoms with Gasteiger partial charge in [0.05, 0.1) is 5.69 Å². The molecule has 21 heavy (non-hydrogen) atoms. The van der Waals surface area contributed by atoms with Crippen molar-refractivity contribution >= 4 is 5.91 Å². The standard InChI is InChI=1S/C17H26N2O2/c1-3-12(2)14-11-16(21-18-14)17(20)19-10-6-9-15(19)13-7-4-5-8-13/h11-13,15H,3-10H2,1-2H3/t12-,15+/m0/s1. The van der Waals surface area contributed by atoms with Crippen molar-refractivity contribution in [3.8, 4) is 0 Å². The second-order valence-corrected chi connectivity index (χ2v) is 6.68. The van der Waals surface area contributed by atoms with Gasteiger partial charge in [0.2, 0.25) is 5.76 Å². The number of hydrogen-bond donors (Lipinski definition) is 0. The van der Waals surface area contributed by atoms with Crippen molar-refractivity contribution in [2.24, 2.45) is 5.92 Å². The van der Waals surface area contributed by atoms with E-state index in [0.29, 0.717) is 23.6 Å². The summed E-state index contributed by atoms with van der Waals surface area (Å²) < 4.78 is 5.33. The first kappa shape index (κ1) is 14.6. The van der Waals surface area contributed by atoms with Crippen molar-refractivity contribution in [2.45, 2.75) is 70.8 Å². The fourth-order valence-corrected chi connectivity index (χ4v) is 3.85. The molecule has 1 aromatic rings. The Hall–Kier alpha value is -1.32. The van der Waals surface area contributed by atoms with Gasteiger partial charge in [0, 0.05) is 24.6 Å². The number of hydrogen-bond acceptors (Lipinski definition) is 3. The highest BCUT2D eigenvalue weighted by molar-refractivity contribution is 5.92. The molecule has 2 heterocycles. The molecule has 0 aromatic carbocycles. The molecule has 2 atom stereocenters. The number of rotatable bonds is 4. The van der Waals surface area contributed by atoms with E-state index in [9.17, 15) is 4.79 Å². The van der Waals surface area contributed by atoms with Gasteiger partial charge in [-0.3, -0.25) is 4.79 Å². The SMILES string of the molecule is CC[C@H](C)c1cc(C(=O)N2CCC[C@@H]2C2CCCC2)on1. The van der Waals surface area contributed by atoms with E-state index in [4.69, 9.17) is 4.52 Å². The Morgan fingerprint density at radius 1 is 1.38 bits per heavy atom. The number of aromatic nitrogens is 1. The van der Waals surface area contributed by atoms with Crippen LogP contribution >= 0.6 is 0 Å². The Morgan fingerprint density at radius 2 is 2.14 bits per heavy atom. The minimum atomic E-state index is 0.0476. The van der Waals surface area contributed by atoms with Crippen molar-refractivity contribution in [1.82, 2.24) is 10.1 Å². The zero-order valence-corrected chi connectivity index (χ0v) is 13.2. The van der Waals surface area contributed by atoms with E-state index >= 15 is 0 Å². The van der Waals surface area contributed by atoms with Crippen LogP contribution in [-0.2, 0) is 0 Å². The highest BCUT2D eigenvalue weighted by Gasteiger charge is 2.37. The molecule has 0 N–H and O–H groups in total. The molecule has 2 fully saturated rings. The van der Waals surface area contributed by atoms with E-state index in [1.54, 1.807) is 0 Å². The molecular formula is C17H26N2O2. The van der Waals surface area contributed by atoms with Crippen LogP contribution in [0.1, 0.15) is 81.0 Å². The summed E-state index contributed by atoms with van der Waals surface area (Å²) in [7, 11) is 0. The molecule has 0 unspecified atom stereocenters. The first-order valence-electron chi connectivity index (χ1n) is 8.48. The van der Waals surface area contributed by atoms with Gasteiger partial charge in [0.25, 0.3) is 5.91 Å².